The highest BCUT2D eigenvalue weighted by Crippen LogP contribution is 2.32. The van der Waals surface area contributed by atoms with Crippen molar-refractivity contribution < 1.29 is 18.0 Å². The lowest BCUT2D eigenvalue weighted by Gasteiger charge is -2.11. The summed E-state index contributed by atoms with van der Waals surface area (Å²) < 4.78 is 37.4. The van der Waals surface area contributed by atoms with Crippen LogP contribution < -0.4 is 5.32 Å². The SMILES string of the molecule is CNC(=O)c1ccc(C)c(C(F)(F)F)c1. The van der Waals surface area contributed by atoms with E-state index in [2.05, 4.69) is 5.32 Å². The van der Waals surface area contributed by atoms with E-state index in [9.17, 15) is 18.0 Å². The second-order valence-electron chi connectivity index (χ2n) is 3.11. The number of carbonyl (C=O) groups excluding carboxylic acids is 1. The highest BCUT2D eigenvalue weighted by atomic mass is 19.4. The average molecular weight is 217 g/mol. The molecule has 0 aliphatic heterocycles. The molecule has 0 heterocycles. The molecule has 0 spiro atoms. The van der Waals surface area contributed by atoms with Crippen molar-refractivity contribution in [2.45, 2.75) is 13.1 Å². The first-order chi connectivity index (χ1) is 6.86. The molecule has 1 N–H and O–H groups in total. The molecule has 1 aromatic rings. The van der Waals surface area contributed by atoms with Crippen molar-refractivity contribution in [3.05, 3.63) is 34.9 Å². The maximum Gasteiger partial charge on any atom is 0.416 e. The van der Waals surface area contributed by atoms with Crippen LogP contribution in [0.3, 0.4) is 0 Å². The third-order valence-electron chi connectivity index (χ3n) is 2.03. The maximum atomic E-state index is 12.5. The Balaban J connectivity index is 3.23. The molecule has 0 fully saturated rings. The Morgan fingerprint density at radius 3 is 2.40 bits per heavy atom. The van der Waals surface area contributed by atoms with E-state index >= 15 is 0 Å². The van der Waals surface area contributed by atoms with E-state index in [1.165, 1.54) is 26.1 Å². The van der Waals surface area contributed by atoms with Gasteiger partial charge in [0.25, 0.3) is 5.91 Å². The lowest BCUT2D eigenvalue weighted by atomic mass is 10.0. The van der Waals surface area contributed by atoms with Crippen LogP contribution >= 0.6 is 0 Å². The summed E-state index contributed by atoms with van der Waals surface area (Å²) in [7, 11) is 1.37. The second-order valence-corrected chi connectivity index (χ2v) is 3.11. The van der Waals surface area contributed by atoms with E-state index < -0.39 is 17.6 Å². The molecule has 0 radical (unpaired) electrons. The fourth-order valence-corrected chi connectivity index (χ4v) is 1.21. The number of halogens is 3. The van der Waals surface area contributed by atoms with Crippen molar-refractivity contribution in [2.75, 3.05) is 7.05 Å². The van der Waals surface area contributed by atoms with Crippen LogP contribution in [0.25, 0.3) is 0 Å². The van der Waals surface area contributed by atoms with Crippen LogP contribution in [0, 0.1) is 6.92 Å². The minimum Gasteiger partial charge on any atom is -0.355 e. The zero-order valence-corrected chi connectivity index (χ0v) is 8.27. The van der Waals surface area contributed by atoms with Crippen molar-refractivity contribution in [2.24, 2.45) is 0 Å². The summed E-state index contributed by atoms with van der Waals surface area (Å²) in [6, 6.07) is 3.50. The molecule has 15 heavy (non-hydrogen) atoms. The molecule has 1 amide bonds. The Bertz CT molecular complexity index is 385. The molecule has 82 valence electrons. The molecule has 2 nitrogen and oxygen atoms in total. The van der Waals surface area contributed by atoms with Gasteiger partial charge in [-0.2, -0.15) is 13.2 Å². The number of rotatable bonds is 1. The van der Waals surface area contributed by atoms with Crippen LogP contribution in [0.2, 0.25) is 0 Å². The van der Waals surface area contributed by atoms with E-state index in [1.807, 2.05) is 0 Å². The highest BCUT2D eigenvalue weighted by molar-refractivity contribution is 5.94. The Hall–Kier alpha value is -1.52. The minimum atomic E-state index is -4.42. The van der Waals surface area contributed by atoms with E-state index in [0.717, 1.165) is 6.07 Å². The molecule has 1 rings (SSSR count). The molecule has 5 heteroatoms. The van der Waals surface area contributed by atoms with Gasteiger partial charge in [0.1, 0.15) is 0 Å². The second kappa shape index (κ2) is 3.92. The van der Waals surface area contributed by atoms with Gasteiger partial charge >= 0.3 is 6.18 Å². The summed E-state index contributed by atoms with van der Waals surface area (Å²) in [6.45, 7) is 1.36. The van der Waals surface area contributed by atoms with Crippen LogP contribution in [-0.2, 0) is 6.18 Å². The molecular formula is C10H10F3NO. The quantitative estimate of drug-likeness (QED) is 0.768. The smallest absolute Gasteiger partial charge is 0.355 e. The zero-order valence-electron chi connectivity index (χ0n) is 8.27. The number of benzene rings is 1. The molecule has 0 aromatic heterocycles. The number of hydrogen-bond acceptors (Lipinski definition) is 1. The molecule has 0 saturated carbocycles. The first kappa shape index (κ1) is 11.6. The van der Waals surface area contributed by atoms with Gasteiger partial charge in [-0.25, -0.2) is 0 Å². The molecule has 0 aliphatic rings. The van der Waals surface area contributed by atoms with Crippen LogP contribution in [0.5, 0.6) is 0 Å². The number of carbonyl (C=O) groups is 1. The minimum absolute atomic E-state index is 0.00965. The summed E-state index contributed by atoms with van der Waals surface area (Å²) in [6.07, 6.45) is -4.42. The Labute approximate surface area is 85.1 Å². The maximum absolute atomic E-state index is 12.5. The lowest BCUT2D eigenvalue weighted by molar-refractivity contribution is -0.138. The molecule has 1 aromatic carbocycles. The molecular weight excluding hydrogens is 207 g/mol. The number of alkyl halides is 3. The third kappa shape index (κ3) is 2.49. The van der Waals surface area contributed by atoms with E-state index in [4.69, 9.17) is 0 Å². The van der Waals surface area contributed by atoms with Crippen molar-refractivity contribution in [3.63, 3.8) is 0 Å². The first-order valence-corrected chi connectivity index (χ1v) is 4.26. The number of aryl methyl sites for hydroxylation is 1. The summed E-state index contributed by atoms with van der Waals surface area (Å²) in [5.74, 6) is -0.527. The molecule has 0 bridgehead atoms. The lowest BCUT2D eigenvalue weighted by Crippen LogP contribution is -2.19. The largest absolute Gasteiger partial charge is 0.416 e. The molecule has 0 aliphatic carbocycles. The topological polar surface area (TPSA) is 29.1 Å². The van der Waals surface area contributed by atoms with Crippen LogP contribution in [0.15, 0.2) is 18.2 Å². The summed E-state index contributed by atoms with van der Waals surface area (Å²) in [5, 5.41) is 2.27. The molecule has 0 atom stereocenters. The summed E-state index contributed by atoms with van der Waals surface area (Å²) in [4.78, 5) is 11.1. The monoisotopic (exact) mass is 217 g/mol. The van der Waals surface area contributed by atoms with Crippen LogP contribution in [0.1, 0.15) is 21.5 Å². The standard InChI is InChI=1S/C10H10F3NO/c1-6-3-4-7(9(15)14-2)5-8(6)10(11,12)13/h3-5H,1-2H3,(H,14,15). The van der Waals surface area contributed by atoms with Crippen molar-refractivity contribution in [1.29, 1.82) is 0 Å². The van der Waals surface area contributed by atoms with Crippen molar-refractivity contribution in [1.82, 2.24) is 5.32 Å². The van der Waals surface area contributed by atoms with Gasteiger partial charge in [-0.05, 0) is 24.6 Å². The molecule has 0 saturated heterocycles. The Morgan fingerprint density at radius 1 is 1.33 bits per heavy atom. The Kier molecular flexibility index (Phi) is 3.02. The van der Waals surface area contributed by atoms with Gasteiger partial charge in [-0.3, -0.25) is 4.79 Å². The van der Waals surface area contributed by atoms with Gasteiger partial charge in [0.15, 0.2) is 0 Å². The predicted molar refractivity (Wildman–Crippen MR) is 49.6 cm³/mol. The van der Waals surface area contributed by atoms with Gasteiger partial charge in [0, 0.05) is 12.6 Å². The average Bonchev–Trinajstić information content (AvgIpc) is 2.15. The van der Waals surface area contributed by atoms with E-state index in [0.29, 0.717) is 0 Å². The van der Waals surface area contributed by atoms with E-state index in [1.54, 1.807) is 0 Å². The fraction of sp³-hybridized carbons (Fsp3) is 0.300. The van der Waals surface area contributed by atoms with Gasteiger partial charge in [-0.1, -0.05) is 6.07 Å². The Morgan fingerprint density at radius 2 is 1.93 bits per heavy atom. The molecule has 0 unspecified atom stereocenters. The van der Waals surface area contributed by atoms with Crippen molar-refractivity contribution >= 4 is 5.91 Å². The van der Waals surface area contributed by atoms with Gasteiger partial charge < -0.3 is 5.32 Å². The van der Waals surface area contributed by atoms with Crippen molar-refractivity contribution in [3.8, 4) is 0 Å². The van der Waals surface area contributed by atoms with Gasteiger partial charge in [-0.15, -0.1) is 0 Å². The number of amides is 1. The summed E-state index contributed by atoms with van der Waals surface area (Å²) in [5.41, 5.74) is -0.658. The van der Waals surface area contributed by atoms with E-state index in [-0.39, 0.29) is 11.1 Å². The zero-order chi connectivity index (χ0) is 11.6. The third-order valence-corrected chi connectivity index (χ3v) is 2.03. The number of nitrogens with one attached hydrogen (secondary N) is 1. The first-order valence-electron chi connectivity index (χ1n) is 4.26. The van der Waals surface area contributed by atoms with Crippen LogP contribution in [-0.4, -0.2) is 13.0 Å². The highest BCUT2D eigenvalue weighted by Gasteiger charge is 2.32. The van der Waals surface area contributed by atoms with Gasteiger partial charge in [0.05, 0.1) is 5.56 Å². The van der Waals surface area contributed by atoms with Crippen LogP contribution in [0.4, 0.5) is 13.2 Å². The fourth-order valence-electron chi connectivity index (χ4n) is 1.21. The number of hydrogen-bond donors (Lipinski definition) is 1. The van der Waals surface area contributed by atoms with Gasteiger partial charge in [0.2, 0.25) is 0 Å². The summed E-state index contributed by atoms with van der Waals surface area (Å²) >= 11 is 0. The normalized spacial score (nSPS) is 11.3. The predicted octanol–water partition coefficient (Wildman–Crippen LogP) is 2.37.